The normalized spacial score (nSPS) is 11.6. The molecule has 0 spiro atoms. The second kappa shape index (κ2) is 7.88. The summed E-state index contributed by atoms with van der Waals surface area (Å²) in [6, 6.07) is 21.3. The van der Waals surface area contributed by atoms with E-state index in [2.05, 4.69) is 20.7 Å². The third-order valence-electron chi connectivity index (χ3n) is 3.54. The molecule has 5 heteroatoms. The number of hydrogen-bond acceptors (Lipinski definition) is 3. The van der Waals surface area contributed by atoms with Gasteiger partial charge in [0.25, 0.3) is 5.91 Å². The summed E-state index contributed by atoms with van der Waals surface area (Å²) in [6.07, 6.45) is 3.78. The van der Waals surface area contributed by atoms with Crippen molar-refractivity contribution in [3.05, 3.63) is 84.1 Å². The van der Waals surface area contributed by atoms with Crippen molar-refractivity contribution in [1.29, 1.82) is 0 Å². The van der Waals surface area contributed by atoms with Crippen LogP contribution in [-0.4, -0.2) is 21.8 Å². The number of amides is 1. The van der Waals surface area contributed by atoms with Crippen LogP contribution in [0.2, 0.25) is 0 Å². The van der Waals surface area contributed by atoms with Gasteiger partial charge < -0.3 is 0 Å². The van der Waals surface area contributed by atoms with Crippen molar-refractivity contribution < 1.29 is 4.79 Å². The smallest absolute Gasteiger partial charge is 0.272 e. The van der Waals surface area contributed by atoms with E-state index in [1.54, 1.807) is 6.07 Å². The molecule has 2 aromatic carbocycles. The second-order valence-corrected chi connectivity index (χ2v) is 5.47. The van der Waals surface area contributed by atoms with Gasteiger partial charge in [-0.2, -0.15) is 10.2 Å². The Labute approximate surface area is 146 Å². The fourth-order valence-electron chi connectivity index (χ4n) is 2.21. The zero-order valence-electron chi connectivity index (χ0n) is 13.8. The van der Waals surface area contributed by atoms with E-state index in [0.29, 0.717) is 11.4 Å². The van der Waals surface area contributed by atoms with E-state index < -0.39 is 0 Å². The van der Waals surface area contributed by atoms with Crippen LogP contribution in [0.5, 0.6) is 0 Å². The first-order chi connectivity index (χ1) is 12.2. The Morgan fingerprint density at radius 1 is 1.08 bits per heavy atom. The first-order valence-corrected chi connectivity index (χ1v) is 7.91. The van der Waals surface area contributed by atoms with Crippen molar-refractivity contribution in [2.45, 2.75) is 6.92 Å². The van der Waals surface area contributed by atoms with Crippen LogP contribution in [0, 0.1) is 0 Å². The van der Waals surface area contributed by atoms with Gasteiger partial charge in [0, 0.05) is 5.56 Å². The molecule has 3 aromatic rings. The van der Waals surface area contributed by atoms with Crippen LogP contribution in [0.3, 0.4) is 0 Å². The average molecular weight is 330 g/mol. The standard InChI is InChI=1S/C20H18N4O/c1-15(12-13-16-8-4-2-5-9-16)21-24-20(25)19-14-18(22-23-19)17-10-6-3-7-11-17/h2-14H,1H3,(H,22,23)(H,24,25)/b13-12-,21-15?. The highest BCUT2D eigenvalue weighted by Gasteiger charge is 2.10. The molecule has 1 amide bonds. The molecule has 0 radical (unpaired) electrons. The molecule has 0 aliphatic carbocycles. The zero-order valence-corrected chi connectivity index (χ0v) is 13.8. The van der Waals surface area contributed by atoms with Gasteiger partial charge in [-0.3, -0.25) is 9.89 Å². The quantitative estimate of drug-likeness (QED) is 0.550. The first-order valence-electron chi connectivity index (χ1n) is 7.91. The maximum Gasteiger partial charge on any atom is 0.289 e. The van der Waals surface area contributed by atoms with E-state index >= 15 is 0 Å². The summed E-state index contributed by atoms with van der Waals surface area (Å²) in [6.45, 7) is 1.82. The maximum atomic E-state index is 12.2. The molecule has 5 nitrogen and oxygen atoms in total. The van der Waals surface area contributed by atoms with Crippen LogP contribution >= 0.6 is 0 Å². The summed E-state index contributed by atoms with van der Waals surface area (Å²) in [7, 11) is 0. The third kappa shape index (κ3) is 4.51. The maximum absolute atomic E-state index is 12.2. The van der Waals surface area contributed by atoms with Gasteiger partial charge in [-0.05, 0) is 24.6 Å². The molecule has 2 N–H and O–H groups in total. The van der Waals surface area contributed by atoms with Crippen LogP contribution < -0.4 is 5.43 Å². The van der Waals surface area contributed by atoms with Crippen molar-refractivity contribution in [3.8, 4) is 11.3 Å². The lowest BCUT2D eigenvalue weighted by Crippen LogP contribution is -2.19. The van der Waals surface area contributed by atoms with E-state index in [0.717, 1.165) is 16.8 Å². The summed E-state index contributed by atoms with van der Waals surface area (Å²) in [4.78, 5) is 12.2. The number of carbonyl (C=O) groups excluding carboxylic acids is 1. The molecule has 0 aliphatic rings. The SMILES string of the molecule is CC(/C=C\c1ccccc1)=NNC(=O)c1cc(-c2ccccc2)n[nH]1. The van der Waals surface area contributed by atoms with Crippen molar-refractivity contribution >= 4 is 17.7 Å². The minimum absolute atomic E-state index is 0.331. The zero-order chi connectivity index (χ0) is 17.5. The molecule has 3 rings (SSSR count). The van der Waals surface area contributed by atoms with Gasteiger partial charge in [0.05, 0.1) is 11.4 Å². The minimum atomic E-state index is -0.331. The summed E-state index contributed by atoms with van der Waals surface area (Å²) < 4.78 is 0. The summed E-state index contributed by atoms with van der Waals surface area (Å²) in [5.74, 6) is -0.331. The molecule has 0 aliphatic heterocycles. The molecule has 0 fully saturated rings. The fourth-order valence-corrected chi connectivity index (χ4v) is 2.21. The number of H-pyrrole nitrogens is 1. The van der Waals surface area contributed by atoms with Crippen LogP contribution in [0.1, 0.15) is 23.0 Å². The van der Waals surface area contributed by atoms with Crippen molar-refractivity contribution in [2.75, 3.05) is 0 Å². The summed E-state index contributed by atoms with van der Waals surface area (Å²) >= 11 is 0. The number of aromatic nitrogens is 2. The molecular formula is C20H18N4O. The number of hydrogen-bond donors (Lipinski definition) is 2. The van der Waals surface area contributed by atoms with Gasteiger partial charge in [-0.15, -0.1) is 0 Å². The number of rotatable bonds is 5. The molecule has 1 heterocycles. The van der Waals surface area contributed by atoms with Crippen LogP contribution in [0.15, 0.2) is 77.9 Å². The molecular weight excluding hydrogens is 312 g/mol. The average Bonchev–Trinajstić information content (AvgIpc) is 3.16. The fraction of sp³-hybridized carbons (Fsp3) is 0.0500. The molecule has 0 atom stereocenters. The highest BCUT2D eigenvalue weighted by Crippen LogP contribution is 2.16. The molecule has 0 saturated heterocycles. The predicted molar refractivity (Wildman–Crippen MR) is 100 cm³/mol. The Kier molecular flexibility index (Phi) is 5.16. The number of allylic oxidation sites excluding steroid dienone is 1. The summed E-state index contributed by atoms with van der Waals surface area (Å²) in [5.41, 5.74) is 6.32. The van der Waals surface area contributed by atoms with Gasteiger partial charge in [0.2, 0.25) is 0 Å². The molecule has 0 bridgehead atoms. The van der Waals surface area contributed by atoms with Gasteiger partial charge in [0.15, 0.2) is 0 Å². The number of nitrogens with zero attached hydrogens (tertiary/aromatic N) is 2. The monoisotopic (exact) mass is 330 g/mol. The van der Waals surface area contributed by atoms with Gasteiger partial charge in [-0.1, -0.05) is 66.7 Å². The number of carbonyl (C=O) groups is 1. The highest BCUT2D eigenvalue weighted by molar-refractivity contribution is 5.98. The van der Waals surface area contributed by atoms with E-state index in [1.807, 2.05) is 79.7 Å². The number of nitrogens with one attached hydrogen (secondary N) is 2. The van der Waals surface area contributed by atoms with Crippen molar-refractivity contribution in [2.24, 2.45) is 5.10 Å². The van der Waals surface area contributed by atoms with E-state index in [-0.39, 0.29) is 5.91 Å². The minimum Gasteiger partial charge on any atom is -0.272 e. The Bertz CT molecular complexity index is 896. The highest BCUT2D eigenvalue weighted by atomic mass is 16.2. The van der Waals surface area contributed by atoms with Crippen LogP contribution in [0.25, 0.3) is 17.3 Å². The lowest BCUT2D eigenvalue weighted by molar-refractivity contribution is 0.0950. The van der Waals surface area contributed by atoms with Crippen LogP contribution in [0.4, 0.5) is 0 Å². The Morgan fingerprint density at radius 3 is 2.48 bits per heavy atom. The number of aromatic amines is 1. The predicted octanol–water partition coefficient (Wildman–Crippen LogP) is 3.90. The third-order valence-corrected chi connectivity index (χ3v) is 3.54. The van der Waals surface area contributed by atoms with E-state index in [9.17, 15) is 4.79 Å². The summed E-state index contributed by atoms with van der Waals surface area (Å²) in [5, 5.41) is 11.0. The van der Waals surface area contributed by atoms with E-state index in [1.165, 1.54) is 0 Å². The first kappa shape index (κ1) is 16.4. The number of benzene rings is 2. The number of hydrazone groups is 1. The lowest BCUT2D eigenvalue weighted by Gasteiger charge is -1.97. The van der Waals surface area contributed by atoms with Gasteiger partial charge in [-0.25, -0.2) is 5.43 Å². The molecule has 25 heavy (non-hydrogen) atoms. The molecule has 0 saturated carbocycles. The largest absolute Gasteiger partial charge is 0.289 e. The second-order valence-electron chi connectivity index (χ2n) is 5.47. The molecule has 1 aromatic heterocycles. The Hall–Kier alpha value is -3.47. The topological polar surface area (TPSA) is 70.1 Å². The van der Waals surface area contributed by atoms with Gasteiger partial charge >= 0.3 is 0 Å². The van der Waals surface area contributed by atoms with Crippen molar-refractivity contribution in [3.63, 3.8) is 0 Å². The Morgan fingerprint density at radius 2 is 1.76 bits per heavy atom. The van der Waals surface area contributed by atoms with Gasteiger partial charge in [0.1, 0.15) is 5.69 Å². The molecule has 0 unspecified atom stereocenters. The lowest BCUT2D eigenvalue weighted by atomic mass is 10.1. The molecule has 124 valence electrons. The van der Waals surface area contributed by atoms with E-state index in [4.69, 9.17) is 0 Å². The van der Waals surface area contributed by atoms with Crippen LogP contribution in [-0.2, 0) is 0 Å². The van der Waals surface area contributed by atoms with Crippen molar-refractivity contribution in [1.82, 2.24) is 15.6 Å². The Balaban J connectivity index is 1.62.